The Morgan fingerprint density at radius 1 is 0.303 bits per heavy atom. The number of unbranched alkanes of at least 4 members (excludes halogenated alkanes) is 36. The molecule has 0 fully saturated rings. The minimum absolute atomic E-state index is 0.104. The van der Waals surface area contributed by atoms with E-state index in [-0.39, 0.29) is 25.7 Å². The van der Waals surface area contributed by atoms with Crippen LogP contribution in [0.15, 0.2) is 0 Å². The van der Waals surface area contributed by atoms with Gasteiger partial charge in [-0.25, -0.2) is 9.13 Å². The molecule has 0 heterocycles. The number of rotatable bonds is 68. The Morgan fingerprint density at radius 3 is 0.764 bits per heavy atom. The van der Waals surface area contributed by atoms with Gasteiger partial charge in [0.2, 0.25) is 0 Å². The van der Waals surface area contributed by atoms with Gasteiger partial charge >= 0.3 is 39.5 Å². The molecule has 0 aliphatic carbocycles. The number of hydrogen-bond acceptors (Lipinski definition) is 15. The van der Waals surface area contributed by atoms with Crippen LogP contribution in [0.1, 0.15) is 350 Å². The molecule has 0 radical (unpaired) electrons. The maximum atomic E-state index is 13.0. The molecule has 3 N–H and O–H groups in total. The maximum absolute atomic E-state index is 13.0. The van der Waals surface area contributed by atoms with Crippen molar-refractivity contribution in [2.24, 2.45) is 17.8 Å². The van der Waals surface area contributed by atoms with Crippen molar-refractivity contribution in [2.45, 2.75) is 369 Å². The van der Waals surface area contributed by atoms with Crippen molar-refractivity contribution in [2.75, 3.05) is 39.6 Å². The molecule has 19 heteroatoms. The van der Waals surface area contributed by atoms with E-state index in [0.717, 1.165) is 108 Å². The van der Waals surface area contributed by atoms with Gasteiger partial charge in [-0.2, -0.15) is 0 Å². The second-order valence-corrected chi connectivity index (χ2v) is 29.6. The molecular formula is C70H136O17P2. The van der Waals surface area contributed by atoms with Crippen LogP contribution in [0.25, 0.3) is 0 Å². The zero-order valence-electron chi connectivity index (χ0n) is 57.9. The summed E-state index contributed by atoms with van der Waals surface area (Å²) in [7, 11) is -9.90. The number of carbonyl (C=O) groups excluding carboxylic acids is 4. The largest absolute Gasteiger partial charge is 0.472 e. The van der Waals surface area contributed by atoms with Gasteiger partial charge in [0, 0.05) is 25.7 Å². The Balaban J connectivity index is 5.23. The molecular weight excluding hydrogens is 1170 g/mol. The summed E-state index contributed by atoms with van der Waals surface area (Å²) in [6.45, 7) is 11.8. The van der Waals surface area contributed by atoms with E-state index in [1.54, 1.807) is 0 Å². The fraction of sp³-hybridized carbons (Fsp3) is 0.943. The Labute approximate surface area is 543 Å². The number of ether oxygens (including phenoxy) is 4. The quantitative estimate of drug-likeness (QED) is 0.0222. The molecule has 0 aliphatic rings. The highest BCUT2D eigenvalue weighted by Gasteiger charge is 2.30. The van der Waals surface area contributed by atoms with Crippen molar-refractivity contribution >= 4 is 39.5 Å². The first kappa shape index (κ1) is 87.1. The van der Waals surface area contributed by atoms with Gasteiger partial charge in [0.15, 0.2) is 12.2 Å². The maximum Gasteiger partial charge on any atom is 0.472 e. The smallest absolute Gasteiger partial charge is 0.462 e. The molecule has 0 saturated carbocycles. The van der Waals surface area contributed by atoms with Crippen molar-refractivity contribution in [1.82, 2.24) is 0 Å². The van der Waals surface area contributed by atoms with Crippen LogP contribution in [0.2, 0.25) is 0 Å². The first-order chi connectivity index (χ1) is 42.7. The highest BCUT2D eigenvalue weighted by molar-refractivity contribution is 7.47. The average Bonchev–Trinajstić information content (AvgIpc) is 3.53. The SMILES string of the molecule is CCCCCCCCCCCCC(=O)OC[C@H](COP(=O)(O)OC[C@H](O)COP(=O)(O)OC[C@@H](COC(=O)CCCCCCCCCCC(C)C)OC(=O)CCCCCCCCCCCCCCCCC(C)C)OC(=O)CCCCCCCCCCC(C)C. The van der Waals surface area contributed by atoms with Gasteiger partial charge in [0.05, 0.1) is 26.4 Å². The Kier molecular flexibility index (Phi) is 59.6. The summed E-state index contributed by atoms with van der Waals surface area (Å²) in [6.07, 6.45) is 44.5. The summed E-state index contributed by atoms with van der Waals surface area (Å²) >= 11 is 0. The van der Waals surface area contributed by atoms with Gasteiger partial charge in [-0.05, 0) is 43.4 Å². The minimum atomic E-state index is -4.95. The summed E-state index contributed by atoms with van der Waals surface area (Å²) in [5.41, 5.74) is 0. The predicted molar refractivity (Wildman–Crippen MR) is 358 cm³/mol. The van der Waals surface area contributed by atoms with Gasteiger partial charge < -0.3 is 33.8 Å². The van der Waals surface area contributed by atoms with Crippen molar-refractivity contribution in [3.8, 4) is 0 Å². The molecule has 0 rings (SSSR count). The van der Waals surface area contributed by atoms with Crippen LogP contribution >= 0.6 is 15.6 Å². The lowest BCUT2D eigenvalue weighted by molar-refractivity contribution is -0.161. The average molecular weight is 1310 g/mol. The number of carbonyl (C=O) groups is 4. The molecule has 0 aromatic carbocycles. The monoisotopic (exact) mass is 1310 g/mol. The molecule has 528 valence electrons. The summed E-state index contributed by atoms with van der Waals surface area (Å²) in [5, 5.41) is 10.6. The molecule has 0 bridgehead atoms. The highest BCUT2D eigenvalue weighted by Crippen LogP contribution is 2.45. The van der Waals surface area contributed by atoms with Crippen LogP contribution in [0.5, 0.6) is 0 Å². The summed E-state index contributed by atoms with van der Waals surface area (Å²) in [6, 6.07) is 0. The van der Waals surface area contributed by atoms with E-state index >= 15 is 0 Å². The summed E-state index contributed by atoms with van der Waals surface area (Å²) in [4.78, 5) is 72.5. The molecule has 17 nitrogen and oxygen atoms in total. The van der Waals surface area contributed by atoms with Gasteiger partial charge in [-0.15, -0.1) is 0 Å². The van der Waals surface area contributed by atoms with E-state index < -0.39 is 97.5 Å². The van der Waals surface area contributed by atoms with E-state index in [2.05, 4.69) is 48.5 Å². The van der Waals surface area contributed by atoms with E-state index in [4.69, 9.17) is 37.0 Å². The van der Waals surface area contributed by atoms with Crippen molar-refractivity contribution in [3.05, 3.63) is 0 Å². The topological polar surface area (TPSA) is 237 Å². The zero-order valence-corrected chi connectivity index (χ0v) is 59.7. The second-order valence-electron chi connectivity index (χ2n) is 26.7. The van der Waals surface area contributed by atoms with E-state index in [0.29, 0.717) is 25.7 Å². The third-order valence-corrected chi connectivity index (χ3v) is 18.0. The fourth-order valence-electron chi connectivity index (χ4n) is 10.5. The lowest BCUT2D eigenvalue weighted by atomic mass is 10.0. The standard InChI is InChI=1S/C70H136O17P2/c1-8-9-10-11-12-13-21-30-37-44-51-67(72)80-57-66(87-70(75)54-47-40-33-26-24-29-36-43-50-63(6)7)60-85-89(78,79)83-56-64(71)55-82-88(76,77)84-59-65(58-81-68(73)52-45-38-31-25-23-28-35-42-49-62(4)5)86-69(74)53-46-39-32-22-19-17-15-14-16-18-20-27-34-41-48-61(2)3/h61-66,71H,8-60H2,1-7H3,(H,76,77)(H,78,79)/t64-,65-,66-/m1/s1. The summed E-state index contributed by atoms with van der Waals surface area (Å²) in [5.74, 6) is 0.111. The van der Waals surface area contributed by atoms with Crippen LogP contribution < -0.4 is 0 Å². The summed E-state index contributed by atoms with van der Waals surface area (Å²) < 4.78 is 68.2. The van der Waals surface area contributed by atoms with Crippen LogP contribution in [-0.2, 0) is 65.4 Å². The molecule has 0 amide bonds. The Morgan fingerprint density at radius 2 is 0.517 bits per heavy atom. The molecule has 89 heavy (non-hydrogen) atoms. The second kappa shape index (κ2) is 61.0. The molecule has 0 aromatic rings. The highest BCUT2D eigenvalue weighted by atomic mass is 31.2. The number of aliphatic hydroxyl groups is 1. The third kappa shape index (κ3) is 64.6. The van der Waals surface area contributed by atoms with E-state index in [1.807, 2.05) is 0 Å². The Bertz CT molecular complexity index is 1750. The van der Waals surface area contributed by atoms with Gasteiger partial charge in [-0.1, -0.05) is 299 Å². The third-order valence-electron chi connectivity index (χ3n) is 16.1. The number of phosphoric ester groups is 2. The van der Waals surface area contributed by atoms with Crippen LogP contribution in [0.4, 0.5) is 0 Å². The first-order valence-corrected chi connectivity index (χ1v) is 39.3. The van der Waals surface area contributed by atoms with E-state index in [1.165, 1.54) is 161 Å². The molecule has 0 spiro atoms. The fourth-order valence-corrected chi connectivity index (χ4v) is 12.1. The Hall–Kier alpha value is -1.94. The molecule has 2 unspecified atom stereocenters. The number of hydrogen-bond donors (Lipinski definition) is 3. The van der Waals surface area contributed by atoms with Crippen molar-refractivity contribution in [3.63, 3.8) is 0 Å². The molecule has 0 saturated heterocycles. The molecule has 0 aliphatic heterocycles. The van der Waals surface area contributed by atoms with Crippen LogP contribution in [0, 0.1) is 17.8 Å². The minimum Gasteiger partial charge on any atom is -0.462 e. The first-order valence-electron chi connectivity index (χ1n) is 36.3. The van der Waals surface area contributed by atoms with Crippen LogP contribution in [0.3, 0.4) is 0 Å². The number of esters is 4. The number of phosphoric acid groups is 2. The van der Waals surface area contributed by atoms with Crippen molar-refractivity contribution < 1.29 is 80.2 Å². The van der Waals surface area contributed by atoms with Gasteiger partial charge in [0.1, 0.15) is 19.3 Å². The molecule has 5 atom stereocenters. The van der Waals surface area contributed by atoms with Gasteiger partial charge in [0.25, 0.3) is 0 Å². The van der Waals surface area contributed by atoms with Gasteiger partial charge in [-0.3, -0.25) is 37.3 Å². The van der Waals surface area contributed by atoms with Crippen LogP contribution in [-0.4, -0.2) is 96.7 Å². The lowest BCUT2D eigenvalue weighted by Gasteiger charge is -2.21. The zero-order chi connectivity index (χ0) is 65.9. The normalized spacial score (nSPS) is 14.2. The van der Waals surface area contributed by atoms with E-state index in [9.17, 15) is 43.2 Å². The number of aliphatic hydroxyl groups excluding tert-OH is 1. The predicted octanol–water partition coefficient (Wildman–Crippen LogP) is 19.8. The lowest BCUT2D eigenvalue weighted by Crippen LogP contribution is -2.30. The van der Waals surface area contributed by atoms with Crippen molar-refractivity contribution in [1.29, 1.82) is 0 Å². The molecule has 0 aromatic heterocycles.